The summed E-state index contributed by atoms with van der Waals surface area (Å²) < 4.78 is 21.2. The van der Waals surface area contributed by atoms with Crippen molar-refractivity contribution in [3.63, 3.8) is 0 Å². The fourth-order valence-electron chi connectivity index (χ4n) is 2.30. The lowest BCUT2D eigenvalue weighted by Crippen LogP contribution is -2.65. The number of aliphatic hydroxyl groups is 5. The van der Waals surface area contributed by atoms with Gasteiger partial charge in [0.2, 0.25) is 5.91 Å². The van der Waals surface area contributed by atoms with Gasteiger partial charge in [0.05, 0.1) is 18.8 Å². The number of carbonyl (C=O) groups excluding carboxylic acids is 1. The monoisotopic (exact) mass is 359 g/mol. The highest BCUT2D eigenvalue weighted by Crippen LogP contribution is 2.58. The molecule has 0 bridgehead atoms. The molecule has 1 aliphatic heterocycles. The number of rotatable bonds is 6. The van der Waals surface area contributed by atoms with E-state index in [9.17, 15) is 34.7 Å². The minimum absolute atomic E-state index is 0.613. The van der Waals surface area contributed by atoms with E-state index in [0.29, 0.717) is 0 Å². The average Bonchev–Trinajstić information content (AvgIpc) is 2.47. The van der Waals surface area contributed by atoms with Crippen LogP contribution in [0.25, 0.3) is 0 Å². The molecule has 7 atom stereocenters. The minimum Gasteiger partial charge on any atom is -0.394 e. The van der Waals surface area contributed by atoms with Crippen molar-refractivity contribution in [3.05, 3.63) is 0 Å². The molecule has 11 nitrogen and oxygen atoms in total. The van der Waals surface area contributed by atoms with Crippen LogP contribution in [-0.2, 0) is 18.6 Å². The van der Waals surface area contributed by atoms with E-state index in [4.69, 9.17) is 9.84 Å². The molecular formula is C11H22NO10P. The van der Waals surface area contributed by atoms with E-state index in [2.05, 4.69) is 9.84 Å². The van der Waals surface area contributed by atoms with E-state index in [1.165, 1.54) is 0 Å². The van der Waals surface area contributed by atoms with Crippen LogP contribution >= 0.6 is 7.60 Å². The van der Waals surface area contributed by atoms with Gasteiger partial charge in [-0.1, -0.05) is 0 Å². The molecule has 1 heterocycles. The summed E-state index contributed by atoms with van der Waals surface area (Å²) in [5.74, 6) is -0.613. The van der Waals surface area contributed by atoms with E-state index in [-0.39, 0.29) is 0 Å². The summed E-state index contributed by atoms with van der Waals surface area (Å²) in [5.41, 5.74) is -2.86. The third-order valence-electron chi connectivity index (χ3n) is 3.55. The molecule has 7 N–H and O–H groups in total. The summed E-state index contributed by atoms with van der Waals surface area (Å²) in [6.07, 6.45) is -7.70. The molecule has 0 radical (unpaired) electrons. The third kappa shape index (κ3) is 4.27. The van der Waals surface area contributed by atoms with Crippen LogP contribution in [0.2, 0.25) is 0 Å². The molecule has 0 aromatic rings. The minimum atomic E-state index is -4.77. The van der Waals surface area contributed by atoms with Gasteiger partial charge < -0.3 is 45.0 Å². The van der Waals surface area contributed by atoms with E-state index in [1.807, 2.05) is 0 Å². The maximum atomic E-state index is 11.9. The lowest BCUT2D eigenvalue weighted by Gasteiger charge is -2.46. The second kappa shape index (κ2) is 7.51. The van der Waals surface area contributed by atoms with Crippen LogP contribution in [0.4, 0.5) is 0 Å². The van der Waals surface area contributed by atoms with Gasteiger partial charge >= 0.3 is 7.60 Å². The summed E-state index contributed by atoms with van der Waals surface area (Å²) in [4.78, 5) is 20.9. The molecule has 0 spiro atoms. The van der Waals surface area contributed by atoms with Gasteiger partial charge in [-0.3, -0.25) is 9.36 Å². The average molecular weight is 359 g/mol. The van der Waals surface area contributed by atoms with E-state index in [0.717, 1.165) is 14.0 Å². The molecule has 1 unspecified atom stereocenters. The highest BCUT2D eigenvalue weighted by atomic mass is 31.2. The summed E-state index contributed by atoms with van der Waals surface area (Å²) in [6.45, 7) is 0.231. The van der Waals surface area contributed by atoms with Crippen molar-refractivity contribution in [2.45, 2.75) is 49.3 Å². The van der Waals surface area contributed by atoms with Gasteiger partial charge in [0.25, 0.3) is 5.53 Å². The Morgan fingerprint density at radius 1 is 1.52 bits per heavy atom. The van der Waals surface area contributed by atoms with Crippen LogP contribution in [0, 0.1) is 0 Å². The summed E-state index contributed by atoms with van der Waals surface area (Å²) in [6, 6.07) is -1.30. The molecule has 1 aliphatic rings. The van der Waals surface area contributed by atoms with E-state index in [1.54, 1.807) is 0 Å². The number of hydrogen-bond acceptors (Lipinski definition) is 9. The smallest absolute Gasteiger partial charge is 0.386 e. The maximum absolute atomic E-state index is 11.9. The molecule has 1 rings (SSSR count). The van der Waals surface area contributed by atoms with Gasteiger partial charge in [0.1, 0.15) is 18.3 Å². The number of carbonyl (C=O) groups is 1. The van der Waals surface area contributed by atoms with Crippen molar-refractivity contribution in [1.82, 2.24) is 5.32 Å². The molecule has 1 amide bonds. The highest BCUT2D eigenvalue weighted by molar-refractivity contribution is 7.54. The summed E-state index contributed by atoms with van der Waals surface area (Å²) >= 11 is 0. The zero-order valence-corrected chi connectivity index (χ0v) is 13.5. The van der Waals surface area contributed by atoms with Crippen molar-refractivity contribution in [2.24, 2.45) is 0 Å². The Hall–Kier alpha value is -0.620. The Bertz CT molecular complexity index is 476. The topological polar surface area (TPSA) is 186 Å². The molecule has 12 heteroatoms. The summed E-state index contributed by atoms with van der Waals surface area (Å²) in [5, 5.41) is 51.0. The zero-order valence-electron chi connectivity index (χ0n) is 12.6. The molecule has 0 saturated carbocycles. The first-order valence-electron chi connectivity index (χ1n) is 6.70. The number of aliphatic hydroxyl groups excluding tert-OH is 4. The van der Waals surface area contributed by atoms with Gasteiger partial charge in [0.15, 0.2) is 0 Å². The van der Waals surface area contributed by atoms with Gasteiger partial charge in [-0.15, -0.1) is 0 Å². The Balaban J connectivity index is 3.19. The van der Waals surface area contributed by atoms with Crippen LogP contribution in [0.3, 0.4) is 0 Å². The van der Waals surface area contributed by atoms with Gasteiger partial charge in [-0.25, -0.2) is 0 Å². The van der Waals surface area contributed by atoms with Crippen molar-refractivity contribution in [1.29, 1.82) is 0 Å². The Morgan fingerprint density at radius 2 is 2.09 bits per heavy atom. The zero-order chi connectivity index (χ0) is 18.0. The number of amides is 1. The number of nitrogens with one attached hydrogen (secondary N) is 1. The van der Waals surface area contributed by atoms with Crippen LogP contribution in [-0.4, -0.2) is 86.0 Å². The summed E-state index contributed by atoms with van der Waals surface area (Å²) in [7, 11) is -3.93. The molecule has 1 saturated heterocycles. The van der Waals surface area contributed by atoms with Gasteiger partial charge in [0, 0.05) is 20.5 Å². The Morgan fingerprint density at radius 3 is 2.52 bits per heavy atom. The fourth-order valence-corrected chi connectivity index (χ4v) is 3.26. The van der Waals surface area contributed by atoms with Crippen LogP contribution in [0.1, 0.15) is 13.3 Å². The molecular weight excluding hydrogens is 337 g/mol. The van der Waals surface area contributed by atoms with Gasteiger partial charge in [-0.2, -0.15) is 0 Å². The first-order chi connectivity index (χ1) is 10.5. The van der Waals surface area contributed by atoms with Crippen LogP contribution < -0.4 is 5.32 Å². The molecule has 136 valence electrons. The van der Waals surface area contributed by atoms with Crippen molar-refractivity contribution in [3.8, 4) is 0 Å². The number of ether oxygens (including phenoxy) is 1. The first-order valence-corrected chi connectivity index (χ1v) is 8.27. The molecule has 0 aromatic carbocycles. The highest BCUT2D eigenvalue weighted by Gasteiger charge is 2.59. The lowest BCUT2D eigenvalue weighted by molar-refractivity contribution is -0.267. The third-order valence-corrected chi connectivity index (χ3v) is 5.21. The second-order valence-electron chi connectivity index (χ2n) is 5.27. The Kier molecular flexibility index (Phi) is 6.67. The predicted molar refractivity (Wildman–Crippen MR) is 74.0 cm³/mol. The molecule has 0 aliphatic carbocycles. The first kappa shape index (κ1) is 20.4. The largest absolute Gasteiger partial charge is 0.394 e. The van der Waals surface area contributed by atoms with Gasteiger partial charge in [-0.05, 0) is 0 Å². The predicted octanol–water partition coefficient (Wildman–Crippen LogP) is -3.17. The quantitative estimate of drug-likeness (QED) is 0.239. The van der Waals surface area contributed by atoms with E-state index < -0.39 is 62.5 Å². The van der Waals surface area contributed by atoms with E-state index >= 15 is 0 Å². The SMILES string of the molecule is COP(=O)(O)[C@]1(O)C[C@H](O)[C@@H](NC(C)=O)[C@H]([C@H](O)[C@H](O)CO)O1. The Labute approximate surface area is 132 Å². The van der Waals surface area contributed by atoms with Crippen molar-refractivity contribution >= 4 is 13.5 Å². The van der Waals surface area contributed by atoms with Crippen LogP contribution in [0.5, 0.6) is 0 Å². The number of hydrogen-bond donors (Lipinski definition) is 7. The van der Waals surface area contributed by atoms with Crippen LogP contribution in [0.15, 0.2) is 0 Å². The fraction of sp³-hybridized carbons (Fsp3) is 0.909. The second-order valence-corrected chi connectivity index (χ2v) is 7.37. The molecule has 0 aromatic heterocycles. The van der Waals surface area contributed by atoms with Crippen molar-refractivity contribution in [2.75, 3.05) is 13.7 Å². The molecule has 23 heavy (non-hydrogen) atoms. The molecule has 1 fully saturated rings. The maximum Gasteiger partial charge on any atom is 0.386 e. The van der Waals surface area contributed by atoms with Crippen molar-refractivity contribution < 1.29 is 49.0 Å². The lowest BCUT2D eigenvalue weighted by atomic mass is 9.92. The normalized spacial score (nSPS) is 36.8. The standard InChI is InChI=1S/C11H22NO10P/c1-5(14)12-8-6(15)3-11(18,23(19,20)21-2)22-10(8)9(17)7(16)4-13/h6-10,13,15-18H,3-4H2,1-2H3,(H,12,14)(H,19,20)/t6-,7+,8+,9+,10+,11-/m0/s1.